The number of aromatic nitrogens is 3. The Hall–Kier alpha value is -3.19. The van der Waals surface area contributed by atoms with Crippen LogP contribution in [0.1, 0.15) is 17.3 Å². The van der Waals surface area contributed by atoms with Gasteiger partial charge < -0.3 is 15.0 Å². The van der Waals surface area contributed by atoms with Gasteiger partial charge in [-0.15, -0.1) is 5.10 Å². The zero-order chi connectivity index (χ0) is 19.2. The monoisotopic (exact) mass is 383 g/mol. The molecule has 0 saturated heterocycles. The number of esters is 1. The maximum absolute atomic E-state index is 11.7. The lowest BCUT2D eigenvalue weighted by Crippen LogP contribution is -2.19. The number of rotatable bonds is 6. The van der Waals surface area contributed by atoms with Crippen LogP contribution in [0.15, 0.2) is 54.7 Å². The standard InChI is InChI=1S/C19H18ClN5O2/c1-3-25(14-7-5-4-6-8-14)19-23-17(12-21-24-19)22-16-11-13(18(26)27-2)9-10-15(16)20/h4-12H,3H2,1-2H3,(H,22,23,24). The molecular weight excluding hydrogens is 366 g/mol. The maximum atomic E-state index is 11.7. The molecule has 0 aliphatic heterocycles. The molecule has 2 aromatic carbocycles. The van der Waals surface area contributed by atoms with E-state index in [2.05, 4.69) is 20.5 Å². The van der Waals surface area contributed by atoms with Crippen molar-refractivity contribution in [1.82, 2.24) is 15.2 Å². The summed E-state index contributed by atoms with van der Waals surface area (Å²) in [6.45, 7) is 2.68. The Morgan fingerprint density at radius 2 is 2.00 bits per heavy atom. The number of hydrogen-bond donors (Lipinski definition) is 1. The maximum Gasteiger partial charge on any atom is 0.337 e. The topological polar surface area (TPSA) is 80.2 Å². The summed E-state index contributed by atoms with van der Waals surface area (Å²) >= 11 is 6.23. The number of halogens is 1. The average molecular weight is 384 g/mol. The summed E-state index contributed by atoms with van der Waals surface area (Å²) < 4.78 is 4.74. The molecule has 138 valence electrons. The fraction of sp³-hybridized carbons (Fsp3) is 0.158. The molecule has 0 aliphatic carbocycles. The second-order valence-corrected chi connectivity index (χ2v) is 5.94. The minimum atomic E-state index is -0.447. The number of hydrogen-bond acceptors (Lipinski definition) is 7. The van der Waals surface area contributed by atoms with E-state index in [1.807, 2.05) is 42.2 Å². The fourth-order valence-electron chi connectivity index (χ4n) is 2.52. The van der Waals surface area contributed by atoms with Crippen LogP contribution in [0.25, 0.3) is 0 Å². The van der Waals surface area contributed by atoms with E-state index in [0.717, 1.165) is 5.69 Å². The Morgan fingerprint density at radius 3 is 2.70 bits per heavy atom. The second kappa shape index (κ2) is 8.46. The Morgan fingerprint density at radius 1 is 1.22 bits per heavy atom. The Bertz CT molecular complexity index is 936. The highest BCUT2D eigenvalue weighted by atomic mass is 35.5. The molecule has 7 nitrogen and oxygen atoms in total. The number of para-hydroxylation sites is 1. The van der Waals surface area contributed by atoms with E-state index in [4.69, 9.17) is 16.3 Å². The van der Waals surface area contributed by atoms with Gasteiger partial charge in [-0.2, -0.15) is 10.1 Å². The molecule has 0 saturated carbocycles. The Labute approximate surface area is 162 Å². The summed E-state index contributed by atoms with van der Waals surface area (Å²) in [6, 6.07) is 14.6. The molecule has 0 bridgehead atoms. The summed E-state index contributed by atoms with van der Waals surface area (Å²) in [6.07, 6.45) is 1.49. The highest BCUT2D eigenvalue weighted by molar-refractivity contribution is 6.33. The second-order valence-electron chi connectivity index (χ2n) is 5.53. The van der Waals surface area contributed by atoms with Crippen LogP contribution < -0.4 is 10.2 Å². The van der Waals surface area contributed by atoms with Gasteiger partial charge >= 0.3 is 5.97 Å². The molecule has 0 unspecified atom stereocenters. The smallest absolute Gasteiger partial charge is 0.337 e. The van der Waals surface area contributed by atoms with E-state index in [1.54, 1.807) is 18.2 Å². The molecule has 8 heteroatoms. The highest BCUT2D eigenvalue weighted by Gasteiger charge is 2.13. The fourth-order valence-corrected chi connectivity index (χ4v) is 2.68. The van der Waals surface area contributed by atoms with Crippen LogP contribution in [-0.4, -0.2) is 34.8 Å². The van der Waals surface area contributed by atoms with Crippen molar-refractivity contribution in [3.05, 3.63) is 65.3 Å². The van der Waals surface area contributed by atoms with Gasteiger partial charge in [0.25, 0.3) is 5.95 Å². The largest absolute Gasteiger partial charge is 0.465 e. The van der Waals surface area contributed by atoms with Gasteiger partial charge in [0.05, 0.1) is 29.6 Å². The van der Waals surface area contributed by atoms with Gasteiger partial charge in [0, 0.05) is 12.2 Å². The number of methoxy groups -OCH3 is 1. The first kappa shape index (κ1) is 18.6. The minimum Gasteiger partial charge on any atom is -0.465 e. The third kappa shape index (κ3) is 4.32. The molecule has 3 rings (SSSR count). The first-order chi connectivity index (χ1) is 13.1. The van der Waals surface area contributed by atoms with Crippen LogP contribution in [0.4, 0.5) is 23.1 Å². The van der Waals surface area contributed by atoms with Crippen LogP contribution in [0.5, 0.6) is 0 Å². The number of carbonyl (C=O) groups excluding carboxylic acids is 1. The molecule has 0 aliphatic rings. The lowest BCUT2D eigenvalue weighted by molar-refractivity contribution is 0.0601. The zero-order valence-corrected chi connectivity index (χ0v) is 15.6. The number of carbonyl (C=O) groups is 1. The van der Waals surface area contributed by atoms with Gasteiger partial charge in [0.2, 0.25) is 0 Å². The van der Waals surface area contributed by atoms with Crippen molar-refractivity contribution in [2.45, 2.75) is 6.92 Å². The molecule has 1 aromatic heterocycles. The summed E-state index contributed by atoms with van der Waals surface area (Å²) in [4.78, 5) is 18.2. The van der Waals surface area contributed by atoms with Crippen LogP contribution in [0.2, 0.25) is 5.02 Å². The molecule has 0 radical (unpaired) electrons. The molecule has 1 heterocycles. The lowest BCUT2D eigenvalue weighted by atomic mass is 10.2. The first-order valence-corrected chi connectivity index (χ1v) is 8.67. The third-order valence-electron chi connectivity index (χ3n) is 3.82. The van der Waals surface area contributed by atoms with E-state index >= 15 is 0 Å². The minimum absolute atomic E-state index is 0.381. The lowest BCUT2D eigenvalue weighted by Gasteiger charge is -2.20. The van der Waals surface area contributed by atoms with E-state index in [-0.39, 0.29) is 0 Å². The zero-order valence-electron chi connectivity index (χ0n) is 14.9. The van der Waals surface area contributed by atoms with Crippen molar-refractivity contribution in [1.29, 1.82) is 0 Å². The van der Waals surface area contributed by atoms with Crippen LogP contribution >= 0.6 is 11.6 Å². The summed E-state index contributed by atoms with van der Waals surface area (Å²) in [7, 11) is 1.33. The van der Waals surface area contributed by atoms with Crippen molar-refractivity contribution >= 4 is 40.7 Å². The summed E-state index contributed by atoms with van der Waals surface area (Å²) in [5, 5.41) is 11.7. The van der Waals surface area contributed by atoms with Gasteiger partial charge in [-0.1, -0.05) is 29.8 Å². The average Bonchev–Trinajstić information content (AvgIpc) is 2.71. The van der Waals surface area contributed by atoms with Crippen molar-refractivity contribution < 1.29 is 9.53 Å². The first-order valence-electron chi connectivity index (χ1n) is 8.29. The molecule has 0 atom stereocenters. The van der Waals surface area contributed by atoms with Gasteiger partial charge in [0.15, 0.2) is 5.82 Å². The molecule has 0 amide bonds. The summed E-state index contributed by atoms with van der Waals surface area (Å²) in [5.41, 5.74) is 1.87. The van der Waals surface area contributed by atoms with Crippen LogP contribution in [0.3, 0.4) is 0 Å². The molecule has 3 aromatic rings. The third-order valence-corrected chi connectivity index (χ3v) is 4.15. The predicted octanol–water partition coefficient (Wildman–Crippen LogP) is 4.21. The van der Waals surface area contributed by atoms with Gasteiger partial charge in [-0.05, 0) is 37.3 Å². The number of ether oxygens (including phenoxy) is 1. The van der Waals surface area contributed by atoms with Crippen molar-refractivity contribution in [2.75, 3.05) is 23.9 Å². The molecule has 27 heavy (non-hydrogen) atoms. The molecule has 1 N–H and O–H groups in total. The van der Waals surface area contributed by atoms with Crippen molar-refractivity contribution in [3.63, 3.8) is 0 Å². The predicted molar refractivity (Wildman–Crippen MR) is 105 cm³/mol. The summed E-state index contributed by atoms with van der Waals surface area (Å²) in [5.74, 6) is 0.463. The number of anilines is 4. The number of nitrogens with one attached hydrogen (secondary N) is 1. The van der Waals surface area contributed by atoms with Crippen LogP contribution in [-0.2, 0) is 4.74 Å². The number of nitrogens with zero attached hydrogens (tertiary/aromatic N) is 4. The van der Waals surface area contributed by atoms with Crippen molar-refractivity contribution in [3.8, 4) is 0 Å². The van der Waals surface area contributed by atoms with E-state index in [1.165, 1.54) is 13.3 Å². The Balaban J connectivity index is 1.89. The number of benzene rings is 2. The molecule has 0 fully saturated rings. The van der Waals surface area contributed by atoms with E-state index < -0.39 is 5.97 Å². The van der Waals surface area contributed by atoms with Crippen LogP contribution in [0, 0.1) is 0 Å². The van der Waals surface area contributed by atoms with E-state index in [9.17, 15) is 4.79 Å². The Kier molecular flexibility index (Phi) is 5.83. The SMILES string of the molecule is CCN(c1ccccc1)c1nncc(Nc2cc(C(=O)OC)ccc2Cl)n1. The normalized spacial score (nSPS) is 10.3. The van der Waals surface area contributed by atoms with Gasteiger partial charge in [-0.25, -0.2) is 4.79 Å². The molecular formula is C19H18ClN5O2. The van der Waals surface area contributed by atoms with E-state index in [0.29, 0.717) is 34.6 Å². The highest BCUT2D eigenvalue weighted by Crippen LogP contribution is 2.27. The van der Waals surface area contributed by atoms with Gasteiger partial charge in [-0.3, -0.25) is 0 Å². The molecule has 0 spiro atoms. The quantitative estimate of drug-likeness (QED) is 0.638. The van der Waals surface area contributed by atoms with Gasteiger partial charge in [0.1, 0.15) is 0 Å². The van der Waals surface area contributed by atoms with Crippen molar-refractivity contribution in [2.24, 2.45) is 0 Å².